The van der Waals surface area contributed by atoms with Gasteiger partial charge in [-0.25, -0.2) is 0 Å². The standard InChI is InChI=1S/C11H23NO/c1-10(2)13-9-11(8-12)6-4-3-5-7-11/h10H,3-9,12H2,1-2H3. The maximum absolute atomic E-state index is 5.84. The molecule has 2 N–H and O–H groups in total. The molecule has 0 atom stereocenters. The van der Waals surface area contributed by atoms with E-state index in [4.69, 9.17) is 10.5 Å². The first-order chi connectivity index (χ1) is 6.18. The molecule has 2 nitrogen and oxygen atoms in total. The molecule has 1 fully saturated rings. The minimum atomic E-state index is 0.308. The molecule has 0 radical (unpaired) electrons. The monoisotopic (exact) mass is 185 g/mol. The zero-order chi connectivity index (χ0) is 9.73. The Morgan fingerprint density at radius 2 is 1.85 bits per heavy atom. The van der Waals surface area contributed by atoms with Crippen LogP contribution in [0.1, 0.15) is 46.0 Å². The second-order valence-corrected chi connectivity index (χ2v) is 4.62. The molecular weight excluding hydrogens is 162 g/mol. The van der Waals surface area contributed by atoms with E-state index in [1.165, 1.54) is 32.1 Å². The number of rotatable bonds is 4. The molecule has 1 aliphatic carbocycles. The maximum atomic E-state index is 5.84. The van der Waals surface area contributed by atoms with Gasteiger partial charge in [-0.15, -0.1) is 0 Å². The Morgan fingerprint density at radius 3 is 2.31 bits per heavy atom. The lowest BCUT2D eigenvalue weighted by Gasteiger charge is -2.36. The Balaban J connectivity index is 2.38. The first-order valence-corrected chi connectivity index (χ1v) is 5.50. The topological polar surface area (TPSA) is 35.2 Å². The van der Waals surface area contributed by atoms with Crippen LogP contribution in [0.4, 0.5) is 0 Å². The van der Waals surface area contributed by atoms with Crippen molar-refractivity contribution in [2.75, 3.05) is 13.2 Å². The average Bonchev–Trinajstić information content (AvgIpc) is 2.16. The van der Waals surface area contributed by atoms with Crippen molar-refractivity contribution in [3.63, 3.8) is 0 Å². The summed E-state index contributed by atoms with van der Waals surface area (Å²) in [5, 5.41) is 0. The summed E-state index contributed by atoms with van der Waals surface area (Å²) >= 11 is 0. The molecule has 0 aromatic heterocycles. The van der Waals surface area contributed by atoms with Gasteiger partial charge in [-0.05, 0) is 26.7 Å². The molecule has 0 aromatic rings. The zero-order valence-electron chi connectivity index (χ0n) is 9.01. The average molecular weight is 185 g/mol. The molecule has 1 aliphatic rings. The van der Waals surface area contributed by atoms with Crippen LogP contribution in [0.2, 0.25) is 0 Å². The van der Waals surface area contributed by atoms with E-state index in [1.807, 2.05) is 0 Å². The normalized spacial score (nSPS) is 22.2. The summed E-state index contributed by atoms with van der Waals surface area (Å²) in [5.74, 6) is 0. The minimum absolute atomic E-state index is 0.308. The Hall–Kier alpha value is -0.0800. The largest absolute Gasteiger partial charge is 0.378 e. The predicted octanol–water partition coefficient (Wildman–Crippen LogP) is 2.32. The third kappa shape index (κ3) is 3.28. The van der Waals surface area contributed by atoms with Gasteiger partial charge in [-0.2, -0.15) is 0 Å². The number of nitrogens with two attached hydrogens (primary N) is 1. The zero-order valence-corrected chi connectivity index (χ0v) is 9.01. The van der Waals surface area contributed by atoms with Crippen molar-refractivity contribution < 1.29 is 4.74 Å². The van der Waals surface area contributed by atoms with Gasteiger partial charge >= 0.3 is 0 Å². The molecule has 0 bridgehead atoms. The highest BCUT2D eigenvalue weighted by Gasteiger charge is 2.30. The molecule has 78 valence electrons. The van der Waals surface area contributed by atoms with Gasteiger partial charge in [0.15, 0.2) is 0 Å². The number of hydrogen-bond acceptors (Lipinski definition) is 2. The van der Waals surface area contributed by atoms with Crippen LogP contribution in [-0.4, -0.2) is 19.3 Å². The summed E-state index contributed by atoms with van der Waals surface area (Å²) in [4.78, 5) is 0. The van der Waals surface area contributed by atoms with E-state index in [0.29, 0.717) is 11.5 Å². The van der Waals surface area contributed by atoms with Gasteiger partial charge in [0.05, 0.1) is 12.7 Å². The third-order valence-corrected chi connectivity index (χ3v) is 3.07. The van der Waals surface area contributed by atoms with Crippen molar-refractivity contribution in [2.24, 2.45) is 11.1 Å². The summed E-state index contributed by atoms with van der Waals surface area (Å²) < 4.78 is 5.70. The highest BCUT2D eigenvalue weighted by Crippen LogP contribution is 2.35. The van der Waals surface area contributed by atoms with E-state index in [-0.39, 0.29) is 0 Å². The fourth-order valence-electron chi connectivity index (χ4n) is 2.05. The second kappa shape index (κ2) is 4.97. The molecular formula is C11H23NO. The van der Waals surface area contributed by atoms with Gasteiger partial charge in [0.2, 0.25) is 0 Å². The lowest BCUT2D eigenvalue weighted by molar-refractivity contribution is -0.00651. The highest BCUT2D eigenvalue weighted by molar-refractivity contribution is 4.83. The van der Waals surface area contributed by atoms with Crippen molar-refractivity contribution in [3.8, 4) is 0 Å². The van der Waals surface area contributed by atoms with Crippen molar-refractivity contribution in [3.05, 3.63) is 0 Å². The van der Waals surface area contributed by atoms with Crippen LogP contribution < -0.4 is 5.73 Å². The molecule has 0 amide bonds. The van der Waals surface area contributed by atoms with Crippen LogP contribution in [0.5, 0.6) is 0 Å². The molecule has 0 unspecified atom stereocenters. The van der Waals surface area contributed by atoms with E-state index in [9.17, 15) is 0 Å². The summed E-state index contributed by atoms with van der Waals surface area (Å²) in [6.07, 6.45) is 6.90. The summed E-state index contributed by atoms with van der Waals surface area (Å²) in [5.41, 5.74) is 6.15. The van der Waals surface area contributed by atoms with Gasteiger partial charge in [-0.1, -0.05) is 19.3 Å². The highest BCUT2D eigenvalue weighted by atomic mass is 16.5. The van der Waals surface area contributed by atoms with Crippen LogP contribution in [0.3, 0.4) is 0 Å². The Labute approximate surface area is 81.8 Å². The minimum Gasteiger partial charge on any atom is -0.378 e. The molecule has 0 spiro atoms. The van der Waals surface area contributed by atoms with Crippen LogP contribution in [0.25, 0.3) is 0 Å². The molecule has 1 saturated carbocycles. The van der Waals surface area contributed by atoms with Crippen LogP contribution in [-0.2, 0) is 4.74 Å². The second-order valence-electron chi connectivity index (χ2n) is 4.62. The molecule has 2 heteroatoms. The fraction of sp³-hybridized carbons (Fsp3) is 1.00. The van der Waals surface area contributed by atoms with Crippen molar-refractivity contribution in [2.45, 2.75) is 52.1 Å². The van der Waals surface area contributed by atoms with Crippen LogP contribution >= 0.6 is 0 Å². The molecule has 0 aromatic carbocycles. The van der Waals surface area contributed by atoms with Crippen LogP contribution in [0, 0.1) is 5.41 Å². The van der Waals surface area contributed by atoms with Crippen molar-refractivity contribution in [1.29, 1.82) is 0 Å². The quantitative estimate of drug-likeness (QED) is 0.729. The lowest BCUT2D eigenvalue weighted by atomic mass is 9.75. The molecule has 0 saturated heterocycles. The van der Waals surface area contributed by atoms with Crippen LogP contribution in [0.15, 0.2) is 0 Å². The first kappa shape index (κ1) is 11.0. The Morgan fingerprint density at radius 1 is 1.23 bits per heavy atom. The van der Waals surface area contributed by atoms with E-state index in [1.54, 1.807) is 0 Å². The van der Waals surface area contributed by atoms with Gasteiger partial charge in [-0.3, -0.25) is 0 Å². The SMILES string of the molecule is CC(C)OCC1(CN)CCCCC1. The fourth-order valence-corrected chi connectivity index (χ4v) is 2.05. The van der Waals surface area contributed by atoms with E-state index < -0.39 is 0 Å². The molecule has 0 aliphatic heterocycles. The molecule has 0 heterocycles. The van der Waals surface area contributed by atoms with Gasteiger partial charge in [0.1, 0.15) is 0 Å². The lowest BCUT2D eigenvalue weighted by Crippen LogP contribution is -2.37. The smallest absolute Gasteiger partial charge is 0.0538 e. The number of hydrogen-bond donors (Lipinski definition) is 1. The van der Waals surface area contributed by atoms with Gasteiger partial charge in [0.25, 0.3) is 0 Å². The molecule has 13 heavy (non-hydrogen) atoms. The molecule has 1 rings (SSSR count). The van der Waals surface area contributed by atoms with Gasteiger partial charge < -0.3 is 10.5 Å². The third-order valence-electron chi connectivity index (χ3n) is 3.07. The van der Waals surface area contributed by atoms with E-state index >= 15 is 0 Å². The first-order valence-electron chi connectivity index (χ1n) is 5.50. The summed E-state index contributed by atoms with van der Waals surface area (Å²) in [6, 6.07) is 0. The maximum Gasteiger partial charge on any atom is 0.0538 e. The van der Waals surface area contributed by atoms with Gasteiger partial charge in [0, 0.05) is 12.0 Å². The van der Waals surface area contributed by atoms with Crippen molar-refractivity contribution >= 4 is 0 Å². The van der Waals surface area contributed by atoms with E-state index in [0.717, 1.165) is 13.2 Å². The Kier molecular flexibility index (Phi) is 4.20. The summed E-state index contributed by atoms with van der Waals surface area (Å²) in [7, 11) is 0. The Bertz CT molecular complexity index is 139. The number of ether oxygens (including phenoxy) is 1. The van der Waals surface area contributed by atoms with E-state index in [2.05, 4.69) is 13.8 Å². The van der Waals surface area contributed by atoms with Crippen molar-refractivity contribution in [1.82, 2.24) is 0 Å². The summed E-state index contributed by atoms with van der Waals surface area (Å²) in [6.45, 7) is 5.83. The predicted molar refractivity (Wildman–Crippen MR) is 55.7 cm³/mol.